The average molecular weight is 613 g/mol. The van der Waals surface area contributed by atoms with Gasteiger partial charge in [0.05, 0.1) is 4.92 Å². The zero-order valence-corrected chi connectivity index (χ0v) is 25.1. The number of nitrogens with zero attached hydrogens (tertiary/aromatic N) is 2. The molecule has 0 bridgehead atoms. The van der Waals surface area contributed by atoms with Gasteiger partial charge < -0.3 is 15.2 Å². The monoisotopic (exact) mass is 612 g/mol. The largest absolute Gasteiger partial charge is 0.533 e. The molecule has 11 nitrogen and oxygen atoms in total. The van der Waals surface area contributed by atoms with E-state index in [1.54, 1.807) is 68.4 Å². The molecule has 0 heterocycles. The van der Waals surface area contributed by atoms with E-state index in [1.807, 2.05) is 6.07 Å². The van der Waals surface area contributed by atoms with E-state index in [2.05, 4.69) is 0 Å². The molecule has 0 aliphatic carbocycles. The van der Waals surface area contributed by atoms with Crippen LogP contribution in [0.1, 0.15) is 44.2 Å². The molecule has 1 amide bonds. The number of unbranched alkanes of at least 4 members (excludes halogenated alkanes) is 1. The van der Waals surface area contributed by atoms with Gasteiger partial charge in [-0.2, -0.15) is 13.2 Å². The Labute approximate surface area is 252 Å². The number of non-ortho nitro benzene ring substituents is 1. The van der Waals surface area contributed by atoms with E-state index >= 15 is 0 Å². The summed E-state index contributed by atoms with van der Waals surface area (Å²) in [5.41, 5.74) is 6.70. The fourth-order valence-corrected chi connectivity index (χ4v) is 6.92. The van der Waals surface area contributed by atoms with Crippen LogP contribution >= 0.6 is 0 Å². The fourth-order valence-electron chi connectivity index (χ4n) is 4.80. The van der Waals surface area contributed by atoms with Crippen molar-refractivity contribution in [3.63, 3.8) is 0 Å². The van der Waals surface area contributed by atoms with Gasteiger partial charge in [0, 0.05) is 24.5 Å². The minimum absolute atomic E-state index is 0.0375. The van der Waals surface area contributed by atoms with Crippen LogP contribution in [0.4, 0.5) is 10.5 Å². The van der Waals surface area contributed by atoms with Crippen molar-refractivity contribution in [1.29, 1.82) is 0 Å². The highest BCUT2D eigenvalue weighted by molar-refractivity contribution is 7.86. The number of rotatable bonds is 15. The molecule has 3 rings (SSSR count). The number of amides is 1. The molecule has 0 aliphatic heterocycles. The van der Waals surface area contributed by atoms with E-state index in [0.29, 0.717) is 30.5 Å². The highest BCUT2D eigenvalue weighted by atomic mass is 32.2. The molecule has 43 heavy (non-hydrogen) atoms. The van der Waals surface area contributed by atoms with E-state index in [1.165, 1.54) is 0 Å². The topological polar surface area (TPSA) is 156 Å². The van der Waals surface area contributed by atoms with Gasteiger partial charge in [-0.3, -0.25) is 10.1 Å². The van der Waals surface area contributed by atoms with Crippen LogP contribution < -0.4 is 5.73 Å². The lowest BCUT2D eigenvalue weighted by Gasteiger charge is -2.39. The minimum Gasteiger partial charge on any atom is -0.456 e. The van der Waals surface area contributed by atoms with Gasteiger partial charge in [0.2, 0.25) is 6.04 Å². The predicted molar refractivity (Wildman–Crippen MR) is 160 cm³/mol. The highest BCUT2D eigenvalue weighted by Gasteiger charge is 2.60. The van der Waals surface area contributed by atoms with Gasteiger partial charge in [0.25, 0.3) is 5.69 Å². The number of nitrogens with two attached hydrogens (primary N) is 1. The molecule has 1 unspecified atom stereocenters. The molecule has 0 aromatic heterocycles. The lowest BCUT2D eigenvalue weighted by Crippen LogP contribution is -2.66. The number of esters is 1. The van der Waals surface area contributed by atoms with Crippen LogP contribution in [-0.4, -0.2) is 48.4 Å². The molecule has 12 heteroatoms. The van der Waals surface area contributed by atoms with Crippen molar-refractivity contribution in [2.24, 2.45) is 11.7 Å². The van der Waals surface area contributed by atoms with Crippen molar-refractivity contribution < 1.29 is 36.3 Å². The lowest BCUT2D eigenvalue weighted by atomic mass is 10.1. The van der Waals surface area contributed by atoms with Crippen LogP contribution in [0.2, 0.25) is 0 Å². The van der Waals surface area contributed by atoms with Crippen LogP contribution in [0.5, 0.6) is 0 Å². The quantitative estimate of drug-likeness (QED) is 0.0787. The van der Waals surface area contributed by atoms with Gasteiger partial charge in [0.15, 0.2) is 0 Å². The second-order valence-corrected chi connectivity index (χ2v) is 12.6. The third-order valence-corrected chi connectivity index (χ3v) is 9.13. The second kappa shape index (κ2) is 15.4. The normalized spacial score (nSPS) is 13.6. The first kappa shape index (κ1) is 33.4. The minimum atomic E-state index is -4.76. The lowest BCUT2D eigenvalue weighted by molar-refractivity contribution is -0.756. The number of benzene rings is 3. The zero-order valence-electron chi connectivity index (χ0n) is 24.3. The maximum atomic E-state index is 14.6. The maximum absolute atomic E-state index is 14.6. The highest BCUT2D eigenvalue weighted by Crippen LogP contribution is 2.35. The molecule has 0 saturated heterocycles. The van der Waals surface area contributed by atoms with Crippen molar-refractivity contribution in [3.05, 3.63) is 106 Å². The van der Waals surface area contributed by atoms with Gasteiger partial charge >= 0.3 is 22.1 Å². The first-order valence-electron chi connectivity index (χ1n) is 14.0. The number of sulfonamides is 1. The van der Waals surface area contributed by atoms with Crippen LogP contribution in [0.15, 0.2) is 89.8 Å². The molecule has 0 radical (unpaired) electrons. The summed E-state index contributed by atoms with van der Waals surface area (Å²) >= 11 is 0. The first-order chi connectivity index (χ1) is 20.5. The Balaban J connectivity index is 2.18. The molecule has 230 valence electrons. The maximum Gasteiger partial charge on any atom is 0.533 e. The molecule has 3 aromatic carbocycles. The third-order valence-electron chi connectivity index (χ3n) is 6.86. The summed E-state index contributed by atoms with van der Waals surface area (Å²) in [5.74, 6) is -1.29. The molecule has 0 fully saturated rings. The van der Waals surface area contributed by atoms with Gasteiger partial charge in [-0.1, -0.05) is 74.5 Å². The summed E-state index contributed by atoms with van der Waals surface area (Å²) < 4.78 is 39.2. The number of hydrogen-bond acceptors (Lipinski definition) is 9. The van der Waals surface area contributed by atoms with Gasteiger partial charge in [-0.05, 0) is 42.6 Å². The molecular weight excluding hydrogens is 574 g/mol. The van der Waals surface area contributed by atoms with Crippen molar-refractivity contribution in [2.75, 3.05) is 13.1 Å². The van der Waals surface area contributed by atoms with E-state index in [-0.39, 0.29) is 36.8 Å². The van der Waals surface area contributed by atoms with Gasteiger partial charge in [-0.15, -0.1) is 3.89 Å². The fraction of sp³-hybridized carbons (Fsp3) is 0.355. The number of nitro groups is 1. The summed E-state index contributed by atoms with van der Waals surface area (Å²) in [7, 11) is -4.76. The van der Waals surface area contributed by atoms with Crippen molar-refractivity contribution in [2.45, 2.75) is 57.3 Å². The summed E-state index contributed by atoms with van der Waals surface area (Å²) in [4.78, 5) is 38.4. The summed E-state index contributed by atoms with van der Waals surface area (Å²) in [5, 5.41) is 11.3. The summed E-state index contributed by atoms with van der Waals surface area (Å²) in [6.45, 7) is 3.07. The van der Waals surface area contributed by atoms with Crippen molar-refractivity contribution >= 4 is 27.8 Å². The summed E-state index contributed by atoms with van der Waals surface area (Å²) in [6.07, 6.45) is -0.378. The van der Waals surface area contributed by atoms with Crippen molar-refractivity contribution in [1.82, 2.24) is 0 Å². The number of carbonyl (C=O) groups excluding carboxylic acids is 2. The Kier molecular flexibility index (Phi) is 11.9. The zero-order chi connectivity index (χ0) is 31.5. The second-order valence-electron chi connectivity index (χ2n) is 10.5. The molecule has 2 atom stereocenters. The van der Waals surface area contributed by atoms with E-state index in [4.69, 9.17) is 15.2 Å². The smallest absolute Gasteiger partial charge is 0.456 e. The Bertz CT molecular complexity index is 1470. The third kappa shape index (κ3) is 8.25. The van der Waals surface area contributed by atoms with Crippen LogP contribution in [-0.2, 0) is 37.5 Å². The van der Waals surface area contributed by atoms with Gasteiger partial charge in [0.1, 0.15) is 24.7 Å². The predicted octanol–water partition coefficient (Wildman–Crippen LogP) is 5.33. The van der Waals surface area contributed by atoms with Gasteiger partial charge in [-0.25, -0.2) is 4.79 Å². The Hall–Kier alpha value is -4.13. The van der Waals surface area contributed by atoms with Crippen LogP contribution in [0, 0.1) is 16.0 Å². The number of carbonyl (C=O) groups is 2. The Morgan fingerprint density at radius 1 is 0.860 bits per heavy atom. The number of quaternary nitrogens is 1. The van der Waals surface area contributed by atoms with E-state index in [9.17, 15) is 28.1 Å². The van der Waals surface area contributed by atoms with Crippen LogP contribution in [0.25, 0.3) is 0 Å². The molecule has 0 saturated carbocycles. The van der Waals surface area contributed by atoms with E-state index < -0.39 is 42.9 Å². The number of nitro benzene ring substituents is 1. The van der Waals surface area contributed by atoms with Crippen LogP contribution in [0.3, 0.4) is 0 Å². The standard InChI is InChI=1S/C31H38N3O8S/c1-24(2)21-34(31(36)42-23-26-13-7-4-8-14-26,43(39,40)28-18-16-27(17-19-28)33(37)38)29(15-9-10-20-32)30(35)41-22-25-11-5-3-6-12-25/h3-8,11-14,16-19,24,29H,9-10,15,20-23,32H2,1-2H3/q+1/t29-,34?/m0/s1. The number of hydrogen-bond donors (Lipinski definition) is 1. The van der Waals surface area contributed by atoms with E-state index in [0.717, 1.165) is 24.3 Å². The average Bonchev–Trinajstić information content (AvgIpc) is 3.00. The first-order valence-corrected chi connectivity index (χ1v) is 15.5. The molecule has 2 N–H and O–H groups in total. The molecule has 0 spiro atoms. The Morgan fingerprint density at radius 3 is 1.88 bits per heavy atom. The number of ether oxygens (including phenoxy) is 2. The molecule has 3 aromatic rings. The molecule has 0 aliphatic rings. The van der Waals surface area contributed by atoms with Crippen molar-refractivity contribution in [3.8, 4) is 0 Å². The SMILES string of the molecule is CC(C)C[N+](C(=O)OCc1ccccc1)([C@@H](CCCCN)C(=O)OCc1ccccc1)S(=O)(=O)c1ccc([N+](=O)[O-])cc1. The summed E-state index contributed by atoms with van der Waals surface area (Å²) in [6, 6.07) is 20.3. The Morgan fingerprint density at radius 2 is 1.40 bits per heavy atom. The molecular formula is C31H38N3O8S+.